The first-order valence-corrected chi connectivity index (χ1v) is 7.67. The van der Waals surface area contributed by atoms with Crippen molar-refractivity contribution in [3.63, 3.8) is 0 Å². The van der Waals surface area contributed by atoms with Gasteiger partial charge in [-0.3, -0.25) is 9.59 Å². The smallest absolute Gasteiger partial charge is 0.344 e. The molecule has 0 aliphatic rings. The van der Waals surface area contributed by atoms with E-state index in [1.807, 2.05) is 0 Å². The molecule has 0 fully saturated rings. The molecule has 2 rings (SSSR count). The SMILES string of the molecule is COc1ccc(C(=O)COC(=O)COc2cccc(C(C)=O)c2)cc1F. The number of methoxy groups -OCH3 is 1. The summed E-state index contributed by atoms with van der Waals surface area (Å²) in [6, 6.07) is 10.0. The predicted molar refractivity (Wildman–Crippen MR) is 90.2 cm³/mol. The van der Waals surface area contributed by atoms with Crippen molar-refractivity contribution >= 4 is 17.5 Å². The summed E-state index contributed by atoms with van der Waals surface area (Å²) in [6.45, 7) is 0.452. The highest BCUT2D eigenvalue weighted by Gasteiger charge is 2.13. The molecule has 6 nitrogen and oxygen atoms in total. The van der Waals surface area contributed by atoms with Crippen LogP contribution in [0.4, 0.5) is 4.39 Å². The predicted octanol–water partition coefficient (Wildman–Crippen LogP) is 2.84. The zero-order chi connectivity index (χ0) is 19.1. The standard InChI is InChI=1S/C19H17FO6/c1-12(21)13-4-3-5-15(8-13)25-11-19(23)26-10-17(22)14-6-7-18(24-2)16(20)9-14/h3-9H,10-11H2,1-2H3. The Labute approximate surface area is 149 Å². The van der Waals surface area contributed by atoms with Crippen LogP contribution < -0.4 is 9.47 Å². The Kier molecular flexibility index (Phi) is 6.43. The second-order valence-electron chi connectivity index (χ2n) is 5.31. The van der Waals surface area contributed by atoms with Gasteiger partial charge in [-0.2, -0.15) is 0 Å². The van der Waals surface area contributed by atoms with Crippen LogP contribution in [0.15, 0.2) is 42.5 Å². The van der Waals surface area contributed by atoms with Gasteiger partial charge < -0.3 is 14.2 Å². The van der Waals surface area contributed by atoms with Crippen molar-refractivity contribution in [1.29, 1.82) is 0 Å². The Morgan fingerprint density at radius 1 is 1.00 bits per heavy atom. The Morgan fingerprint density at radius 3 is 2.42 bits per heavy atom. The minimum Gasteiger partial charge on any atom is -0.494 e. The highest BCUT2D eigenvalue weighted by molar-refractivity contribution is 5.98. The van der Waals surface area contributed by atoms with Gasteiger partial charge >= 0.3 is 5.97 Å². The maximum absolute atomic E-state index is 13.6. The second-order valence-corrected chi connectivity index (χ2v) is 5.31. The van der Waals surface area contributed by atoms with E-state index in [4.69, 9.17) is 14.2 Å². The molecule has 0 bridgehead atoms. The van der Waals surface area contributed by atoms with Gasteiger partial charge in [0, 0.05) is 11.1 Å². The number of ether oxygens (including phenoxy) is 3. The Bertz CT molecular complexity index is 831. The van der Waals surface area contributed by atoms with Gasteiger partial charge in [-0.1, -0.05) is 12.1 Å². The summed E-state index contributed by atoms with van der Waals surface area (Å²) in [7, 11) is 1.31. The Balaban J connectivity index is 1.85. The minimum atomic E-state index is -0.763. The van der Waals surface area contributed by atoms with Gasteiger partial charge in [-0.25, -0.2) is 9.18 Å². The van der Waals surface area contributed by atoms with Crippen LogP contribution in [0.5, 0.6) is 11.5 Å². The van der Waals surface area contributed by atoms with Crippen LogP contribution in [0, 0.1) is 5.82 Å². The second kappa shape index (κ2) is 8.75. The van der Waals surface area contributed by atoms with Gasteiger partial charge in [0.05, 0.1) is 7.11 Å². The topological polar surface area (TPSA) is 78.9 Å². The third-order valence-corrected chi connectivity index (χ3v) is 3.44. The van der Waals surface area contributed by atoms with Crippen molar-refractivity contribution in [1.82, 2.24) is 0 Å². The largest absolute Gasteiger partial charge is 0.494 e. The first kappa shape index (κ1) is 19.1. The molecule has 0 atom stereocenters. The van der Waals surface area contributed by atoms with Gasteiger partial charge in [0.1, 0.15) is 5.75 Å². The van der Waals surface area contributed by atoms with Crippen molar-refractivity contribution < 1.29 is 33.0 Å². The average Bonchev–Trinajstić information content (AvgIpc) is 2.64. The van der Waals surface area contributed by atoms with Crippen LogP contribution in [0.25, 0.3) is 0 Å². The normalized spacial score (nSPS) is 10.1. The number of hydrogen-bond donors (Lipinski definition) is 0. The van der Waals surface area contributed by atoms with Crippen LogP contribution in [-0.2, 0) is 9.53 Å². The van der Waals surface area contributed by atoms with E-state index >= 15 is 0 Å². The number of esters is 1. The van der Waals surface area contributed by atoms with Gasteiger partial charge in [0.25, 0.3) is 0 Å². The van der Waals surface area contributed by atoms with Crippen molar-refractivity contribution in [2.75, 3.05) is 20.3 Å². The van der Waals surface area contributed by atoms with E-state index in [1.165, 1.54) is 32.2 Å². The lowest BCUT2D eigenvalue weighted by atomic mass is 10.1. The van der Waals surface area contributed by atoms with E-state index in [9.17, 15) is 18.8 Å². The monoisotopic (exact) mass is 360 g/mol. The third kappa shape index (κ3) is 5.14. The first-order chi connectivity index (χ1) is 12.4. The molecule has 2 aromatic carbocycles. The number of ketones is 2. The number of halogens is 1. The summed E-state index contributed by atoms with van der Waals surface area (Å²) in [5.74, 6) is -1.79. The summed E-state index contributed by atoms with van der Waals surface area (Å²) in [4.78, 5) is 34.9. The van der Waals surface area contributed by atoms with E-state index in [1.54, 1.807) is 18.2 Å². The molecule has 0 N–H and O–H groups in total. The number of rotatable bonds is 8. The van der Waals surface area contributed by atoms with E-state index in [2.05, 4.69) is 0 Å². The molecule has 26 heavy (non-hydrogen) atoms. The van der Waals surface area contributed by atoms with E-state index in [0.717, 1.165) is 6.07 Å². The fourth-order valence-corrected chi connectivity index (χ4v) is 2.06. The summed E-state index contributed by atoms with van der Waals surface area (Å²) >= 11 is 0. The summed E-state index contributed by atoms with van der Waals surface area (Å²) in [5.41, 5.74) is 0.513. The van der Waals surface area contributed by atoms with Crippen molar-refractivity contribution in [3.8, 4) is 11.5 Å². The lowest BCUT2D eigenvalue weighted by Gasteiger charge is -2.08. The van der Waals surface area contributed by atoms with Gasteiger partial charge in [-0.15, -0.1) is 0 Å². The van der Waals surface area contributed by atoms with Crippen LogP contribution in [0.2, 0.25) is 0 Å². The quantitative estimate of drug-likeness (QED) is 0.532. The number of benzene rings is 2. The Hall–Kier alpha value is -3.22. The molecule has 0 unspecified atom stereocenters. The number of carbonyl (C=O) groups is 3. The number of hydrogen-bond acceptors (Lipinski definition) is 6. The number of carbonyl (C=O) groups excluding carboxylic acids is 3. The highest BCUT2D eigenvalue weighted by atomic mass is 19.1. The molecule has 0 spiro atoms. The zero-order valence-electron chi connectivity index (χ0n) is 14.3. The molecule has 0 saturated carbocycles. The molecule has 0 aromatic heterocycles. The zero-order valence-corrected chi connectivity index (χ0v) is 14.3. The van der Waals surface area contributed by atoms with Gasteiger partial charge in [0.15, 0.2) is 36.3 Å². The molecule has 0 heterocycles. The summed E-state index contributed by atoms with van der Waals surface area (Å²) in [6.07, 6.45) is 0. The minimum absolute atomic E-state index is 0.0136. The van der Waals surface area contributed by atoms with E-state index in [-0.39, 0.29) is 17.1 Å². The molecular formula is C19H17FO6. The molecule has 0 aliphatic heterocycles. The Morgan fingerprint density at radius 2 is 1.77 bits per heavy atom. The van der Waals surface area contributed by atoms with Crippen molar-refractivity contribution in [2.24, 2.45) is 0 Å². The van der Waals surface area contributed by atoms with Crippen LogP contribution in [-0.4, -0.2) is 37.9 Å². The van der Waals surface area contributed by atoms with E-state index < -0.39 is 30.8 Å². The van der Waals surface area contributed by atoms with Crippen molar-refractivity contribution in [2.45, 2.75) is 6.92 Å². The van der Waals surface area contributed by atoms with Crippen LogP contribution in [0.3, 0.4) is 0 Å². The van der Waals surface area contributed by atoms with Crippen molar-refractivity contribution in [3.05, 3.63) is 59.4 Å². The van der Waals surface area contributed by atoms with Crippen LogP contribution >= 0.6 is 0 Å². The highest BCUT2D eigenvalue weighted by Crippen LogP contribution is 2.18. The molecule has 7 heteroatoms. The lowest BCUT2D eigenvalue weighted by Crippen LogP contribution is -2.19. The van der Waals surface area contributed by atoms with E-state index in [0.29, 0.717) is 11.3 Å². The maximum atomic E-state index is 13.6. The first-order valence-electron chi connectivity index (χ1n) is 7.67. The molecular weight excluding hydrogens is 343 g/mol. The molecule has 0 amide bonds. The molecule has 0 radical (unpaired) electrons. The molecule has 2 aromatic rings. The lowest BCUT2D eigenvalue weighted by molar-refractivity contribution is -0.144. The fourth-order valence-electron chi connectivity index (χ4n) is 2.06. The van der Waals surface area contributed by atoms with Gasteiger partial charge in [0.2, 0.25) is 0 Å². The molecule has 0 saturated heterocycles. The molecule has 0 aliphatic carbocycles. The summed E-state index contributed by atoms with van der Waals surface area (Å²) < 4.78 is 28.4. The van der Waals surface area contributed by atoms with Crippen LogP contribution in [0.1, 0.15) is 27.6 Å². The average molecular weight is 360 g/mol. The summed E-state index contributed by atoms with van der Waals surface area (Å²) in [5, 5.41) is 0. The molecule has 136 valence electrons. The fraction of sp³-hybridized carbons (Fsp3) is 0.211. The third-order valence-electron chi connectivity index (χ3n) is 3.44. The van der Waals surface area contributed by atoms with Gasteiger partial charge in [-0.05, 0) is 37.3 Å². The number of Topliss-reactive ketones (excluding diaryl/α,β-unsaturated/α-hetero) is 2. The maximum Gasteiger partial charge on any atom is 0.344 e.